The molecule has 0 amide bonds. The lowest BCUT2D eigenvalue weighted by atomic mass is 9.97. The normalized spacial score (nSPS) is 28.0. The Kier molecular flexibility index (Phi) is 4.43. The van der Waals surface area contributed by atoms with Gasteiger partial charge in [0.25, 0.3) is 0 Å². The van der Waals surface area contributed by atoms with Crippen LogP contribution in [0.5, 0.6) is 0 Å². The van der Waals surface area contributed by atoms with Crippen LogP contribution < -0.4 is 0 Å². The van der Waals surface area contributed by atoms with E-state index in [9.17, 15) is 0 Å². The van der Waals surface area contributed by atoms with Crippen molar-refractivity contribution in [2.75, 3.05) is 7.05 Å². The van der Waals surface area contributed by atoms with E-state index in [1.807, 2.05) is 0 Å². The SMILES string of the molecule is Cc1ccc([C@@H](OC2C[C@H]3CC[C@@H](C2)N3C)c2ccccc2)cc1. The standard InChI is InChI=1S/C22H27NO/c1-16-8-10-18(11-9-16)22(17-6-4-3-5-7-17)24-21-14-19-12-13-20(15-21)23(19)2/h3-11,19-22H,12-15H2,1-2H3/t19-,20+,21?,22-/m0/s1. The summed E-state index contributed by atoms with van der Waals surface area (Å²) in [7, 11) is 2.28. The van der Waals surface area contributed by atoms with Crippen LogP contribution in [0.1, 0.15) is 48.5 Å². The minimum absolute atomic E-state index is 0.0413. The molecule has 0 radical (unpaired) electrons. The fourth-order valence-corrected chi connectivity index (χ4v) is 4.38. The molecule has 2 bridgehead atoms. The third-order valence-corrected chi connectivity index (χ3v) is 5.87. The second-order valence-corrected chi connectivity index (χ2v) is 7.48. The van der Waals surface area contributed by atoms with E-state index in [4.69, 9.17) is 4.74 Å². The number of rotatable bonds is 4. The summed E-state index contributed by atoms with van der Waals surface area (Å²) in [6.07, 6.45) is 5.41. The summed E-state index contributed by atoms with van der Waals surface area (Å²) < 4.78 is 6.71. The number of aryl methyl sites for hydroxylation is 1. The predicted octanol–water partition coefficient (Wildman–Crippen LogP) is 4.73. The molecule has 2 aromatic rings. The van der Waals surface area contributed by atoms with Crippen LogP contribution in [-0.4, -0.2) is 30.1 Å². The van der Waals surface area contributed by atoms with Crippen molar-refractivity contribution in [2.45, 2.75) is 56.9 Å². The molecule has 2 aliphatic heterocycles. The highest BCUT2D eigenvalue weighted by molar-refractivity contribution is 5.32. The molecule has 2 nitrogen and oxygen atoms in total. The van der Waals surface area contributed by atoms with Gasteiger partial charge < -0.3 is 9.64 Å². The summed E-state index contributed by atoms with van der Waals surface area (Å²) in [4.78, 5) is 2.57. The van der Waals surface area contributed by atoms with E-state index in [0.29, 0.717) is 18.2 Å². The molecule has 0 N–H and O–H groups in total. The summed E-state index contributed by atoms with van der Waals surface area (Å²) in [6, 6.07) is 20.9. The summed E-state index contributed by atoms with van der Waals surface area (Å²) >= 11 is 0. The highest BCUT2D eigenvalue weighted by atomic mass is 16.5. The molecule has 2 heterocycles. The van der Waals surface area contributed by atoms with Crippen LogP contribution in [0.3, 0.4) is 0 Å². The van der Waals surface area contributed by atoms with Gasteiger partial charge in [-0.3, -0.25) is 0 Å². The number of benzene rings is 2. The lowest BCUT2D eigenvalue weighted by molar-refractivity contribution is -0.0426. The molecular formula is C22H27NO. The first-order valence-corrected chi connectivity index (χ1v) is 9.19. The van der Waals surface area contributed by atoms with Gasteiger partial charge in [-0.1, -0.05) is 60.2 Å². The van der Waals surface area contributed by atoms with Crippen molar-refractivity contribution in [1.29, 1.82) is 0 Å². The van der Waals surface area contributed by atoms with Crippen LogP contribution in [0.4, 0.5) is 0 Å². The maximum atomic E-state index is 6.71. The maximum absolute atomic E-state index is 6.71. The van der Waals surface area contributed by atoms with Crippen LogP contribution in [0, 0.1) is 6.92 Å². The van der Waals surface area contributed by atoms with Gasteiger partial charge in [-0.05, 0) is 50.8 Å². The molecule has 126 valence electrons. The molecule has 2 saturated heterocycles. The molecule has 2 heteroatoms. The molecule has 0 aliphatic carbocycles. The molecule has 2 aromatic carbocycles. The van der Waals surface area contributed by atoms with Crippen molar-refractivity contribution >= 4 is 0 Å². The fourth-order valence-electron chi connectivity index (χ4n) is 4.38. The van der Waals surface area contributed by atoms with Crippen LogP contribution in [0.15, 0.2) is 54.6 Å². The van der Waals surface area contributed by atoms with E-state index in [-0.39, 0.29) is 6.10 Å². The minimum atomic E-state index is 0.0413. The van der Waals surface area contributed by atoms with Gasteiger partial charge >= 0.3 is 0 Å². The van der Waals surface area contributed by atoms with Gasteiger partial charge in [0, 0.05) is 12.1 Å². The summed E-state index contributed by atoms with van der Waals surface area (Å²) in [6.45, 7) is 2.14. The Labute approximate surface area is 145 Å². The number of fused-ring (bicyclic) bond motifs is 2. The molecule has 0 saturated carbocycles. The molecule has 1 unspecified atom stereocenters. The Hall–Kier alpha value is -1.64. The third-order valence-electron chi connectivity index (χ3n) is 5.87. The Balaban J connectivity index is 1.58. The maximum Gasteiger partial charge on any atom is 0.108 e. The molecule has 0 spiro atoms. The second-order valence-electron chi connectivity index (χ2n) is 7.48. The number of ether oxygens (including phenoxy) is 1. The highest BCUT2D eigenvalue weighted by Gasteiger charge is 2.39. The number of hydrogen-bond acceptors (Lipinski definition) is 2. The van der Waals surface area contributed by atoms with Crippen molar-refractivity contribution in [3.8, 4) is 0 Å². The summed E-state index contributed by atoms with van der Waals surface area (Å²) in [5, 5.41) is 0. The van der Waals surface area contributed by atoms with Crippen LogP contribution in [0.2, 0.25) is 0 Å². The van der Waals surface area contributed by atoms with Crippen molar-refractivity contribution in [1.82, 2.24) is 4.90 Å². The Morgan fingerprint density at radius 2 is 1.46 bits per heavy atom. The van der Waals surface area contributed by atoms with Gasteiger partial charge in [0.05, 0.1) is 6.10 Å². The van der Waals surface area contributed by atoms with Crippen molar-refractivity contribution in [2.24, 2.45) is 0 Å². The van der Waals surface area contributed by atoms with Gasteiger partial charge in [-0.15, -0.1) is 0 Å². The number of nitrogens with zero attached hydrogens (tertiary/aromatic N) is 1. The Bertz CT molecular complexity index is 652. The van der Waals surface area contributed by atoms with Gasteiger partial charge in [0.15, 0.2) is 0 Å². The number of piperidine rings is 1. The Morgan fingerprint density at radius 1 is 0.875 bits per heavy atom. The van der Waals surface area contributed by atoms with E-state index in [1.165, 1.54) is 42.4 Å². The first-order chi connectivity index (χ1) is 11.7. The molecule has 24 heavy (non-hydrogen) atoms. The highest BCUT2D eigenvalue weighted by Crippen LogP contribution is 2.38. The van der Waals surface area contributed by atoms with Crippen molar-refractivity contribution < 1.29 is 4.74 Å². The number of hydrogen-bond donors (Lipinski definition) is 0. The topological polar surface area (TPSA) is 12.5 Å². The largest absolute Gasteiger partial charge is 0.365 e. The average Bonchev–Trinajstić information content (AvgIpc) is 2.83. The van der Waals surface area contributed by atoms with Crippen LogP contribution in [-0.2, 0) is 4.74 Å². The van der Waals surface area contributed by atoms with E-state index >= 15 is 0 Å². The van der Waals surface area contributed by atoms with E-state index in [2.05, 4.69) is 73.5 Å². The predicted molar refractivity (Wildman–Crippen MR) is 98.1 cm³/mol. The Morgan fingerprint density at radius 3 is 2.08 bits per heavy atom. The summed E-state index contributed by atoms with van der Waals surface area (Å²) in [5.41, 5.74) is 3.81. The fraction of sp³-hybridized carbons (Fsp3) is 0.455. The zero-order valence-electron chi connectivity index (χ0n) is 14.7. The zero-order valence-corrected chi connectivity index (χ0v) is 14.7. The van der Waals surface area contributed by atoms with Crippen molar-refractivity contribution in [3.05, 3.63) is 71.3 Å². The van der Waals surface area contributed by atoms with Gasteiger partial charge in [-0.2, -0.15) is 0 Å². The zero-order chi connectivity index (χ0) is 16.5. The van der Waals surface area contributed by atoms with E-state index in [1.54, 1.807) is 0 Å². The van der Waals surface area contributed by atoms with Crippen LogP contribution >= 0.6 is 0 Å². The second kappa shape index (κ2) is 6.70. The molecule has 4 rings (SSSR count). The van der Waals surface area contributed by atoms with E-state index in [0.717, 1.165) is 0 Å². The van der Waals surface area contributed by atoms with Gasteiger partial charge in [0.2, 0.25) is 0 Å². The van der Waals surface area contributed by atoms with E-state index < -0.39 is 0 Å². The molecule has 0 aromatic heterocycles. The average molecular weight is 321 g/mol. The quantitative estimate of drug-likeness (QED) is 0.807. The lowest BCUT2D eigenvalue weighted by Crippen LogP contribution is -2.43. The van der Waals surface area contributed by atoms with Gasteiger partial charge in [-0.25, -0.2) is 0 Å². The minimum Gasteiger partial charge on any atom is -0.365 e. The monoisotopic (exact) mass is 321 g/mol. The molecule has 4 atom stereocenters. The molecular weight excluding hydrogens is 294 g/mol. The van der Waals surface area contributed by atoms with Gasteiger partial charge in [0.1, 0.15) is 6.10 Å². The van der Waals surface area contributed by atoms with Crippen LogP contribution in [0.25, 0.3) is 0 Å². The first kappa shape index (κ1) is 15.9. The molecule has 2 fully saturated rings. The van der Waals surface area contributed by atoms with Crippen molar-refractivity contribution in [3.63, 3.8) is 0 Å². The summed E-state index contributed by atoms with van der Waals surface area (Å²) in [5.74, 6) is 0. The lowest BCUT2D eigenvalue weighted by Gasteiger charge is -2.38. The molecule has 2 aliphatic rings. The smallest absolute Gasteiger partial charge is 0.108 e. The third kappa shape index (κ3) is 3.13. The first-order valence-electron chi connectivity index (χ1n) is 9.19.